The molecule has 0 aliphatic rings. The highest BCUT2D eigenvalue weighted by molar-refractivity contribution is 6.33. The Balaban J connectivity index is 2.24. The zero-order chi connectivity index (χ0) is 19.0. The maximum absolute atomic E-state index is 13.7. The quantitative estimate of drug-likeness (QED) is 0.584. The third kappa shape index (κ3) is 3.26. The number of fused-ring (bicyclic) bond motifs is 1. The van der Waals surface area contributed by atoms with Gasteiger partial charge in [0.15, 0.2) is 0 Å². The number of aromatic nitrogens is 2. The molecule has 3 rings (SSSR count). The van der Waals surface area contributed by atoms with Gasteiger partial charge in [-0.25, -0.2) is 22.6 Å². The fraction of sp³-hybridized carbons (Fsp3) is 0.222. The molecule has 0 spiro atoms. The molecule has 1 atom stereocenters. The smallest absolute Gasteiger partial charge is 0.338 e. The van der Waals surface area contributed by atoms with Crippen molar-refractivity contribution < 1.29 is 22.7 Å². The number of hydrogen-bond acceptors (Lipinski definition) is 3. The van der Waals surface area contributed by atoms with Gasteiger partial charge in [-0.15, -0.1) is 0 Å². The van der Waals surface area contributed by atoms with Crippen molar-refractivity contribution in [2.45, 2.75) is 19.6 Å². The Labute approximate surface area is 152 Å². The molecule has 3 aromatic rings. The largest absolute Gasteiger partial charge is 0.465 e. The Bertz CT molecular complexity index is 988. The number of carbonyl (C=O) groups is 1. The van der Waals surface area contributed by atoms with Crippen LogP contribution in [-0.2, 0) is 4.74 Å². The van der Waals surface area contributed by atoms with Crippen molar-refractivity contribution in [3.05, 3.63) is 52.7 Å². The van der Waals surface area contributed by atoms with E-state index in [-0.39, 0.29) is 16.5 Å². The Morgan fingerprint density at radius 3 is 2.58 bits per heavy atom. The number of benzene rings is 2. The minimum absolute atomic E-state index is 0.0874. The van der Waals surface area contributed by atoms with Crippen LogP contribution >= 0.6 is 11.6 Å². The maximum atomic E-state index is 13.7. The maximum Gasteiger partial charge on any atom is 0.338 e. The summed E-state index contributed by atoms with van der Waals surface area (Å²) in [6, 6.07) is 8.45. The molecule has 0 N–H and O–H groups in total. The minimum atomic E-state index is -3.24. The van der Waals surface area contributed by atoms with Crippen LogP contribution in [0, 0.1) is 6.92 Å². The first kappa shape index (κ1) is 18.3. The van der Waals surface area contributed by atoms with Gasteiger partial charge in [-0.3, -0.25) is 0 Å². The second-order valence-electron chi connectivity index (χ2n) is 5.75. The van der Waals surface area contributed by atoms with E-state index in [0.717, 1.165) is 11.8 Å². The summed E-state index contributed by atoms with van der Waals surface area (Å²) in [5.74, 6) is -0.688. The number of alkyl halides is 3. The van der Waals surface area contributed by atoms with Crippen molar-refractivity contribution in [2.24, 2.45) is 0 Å². The number of rotatable bonds is 4. The molecular weight excluding hydrogens is 369 g/mol. The first-order valence-electron chi connectivity index (χ1n) is 7.61. The van der Waals surface area contributed by atoms with E-state index in [1.54, 1.807) is 18.2 Å². The summed E-state index contributed by atoms with van der Waals surface area (Å²) in [4.78, 5) is 12.1. The molecule has 0 aliphatic carbocycles. The molecule has 0 aliphatic heterocycles. The Kier molecular flexibility index (Phi) is 4.91. The van der Waals surface area contributed by atoms with Gasteiger partial charge >= 0.3 is 5.97 Å². The summed E-state index contributed by atoms with van der Waals surface area (Å²) in [5.41, 5.74) is 2.40. The van der Waals surface area contributed by atoms with E-state index >= 15 is 0 Å². The fourth-order valence-electron chi connectivity index (χ4n) is 2.67. The van der Waals surface area contributed by atoms with Crippen LogP contribution in [-0.4, -0.2) is 29.3 Å². The number of aryl methyl sites for hydroxylation is 1. The summed E-state index contributed by atoms with van der Waals surface area (Å²) in [7, 11) is 1.20. The topological polar surface area (TPSA) is 44.1 Å². The van der Waals surface area contributed by atoms with E-state index in [1.807, 2.05) is 13.0 Å². The molecule has 0 radical (unpaired) electrons. The van der Waals surface area contributed by atoms with E-state index in [4.69, 9.17) is 16.3 Å². The molecule has 0 saturated carbocycles. The van der Waals surface area contributed by atoms with Crippen LogP contribution in [0.5, 0.6) is 0 Å². The van der Waals surface area contributed by atoms with Gasteiger partial charge in [0.25, 0.3) is 12.7 Å². The molecule has 1 unspecified atom stereocenters. The van der Waals surface area contributed by atoms with Crippen LogP contribution < -0.4 is 0 Å². The Morgan fingerprint density at radius 2 is 1.96 bits per heavy atom. The molecule has 0 bridgehead atoms. The normalized spacial score (nSPS) is 12.6. The third-order valence-electron chi connectivity index (χ3n) is 3.94. The van der Waals surface area contributed by atoms with Crippen molar-refractivity contribution in [3.63, 3.8) is 0 Å². The van der Waals surface area contributed by atoms with Gasteiger partial charge < -0.3 is 4.74 Å². The SMILES string of the molecule is COC(=O)c1cc(-c2ccc(C)cc2Cl)cc2nn(C(F)C(F)F)cc12. The van der Waals surface area contributed by atoms with Gasteiger partial charge in [0, 0.05) is 22.2 Å². The van der Waals surface area contributed by atoms with Crippen molar-refractivity contribution in [2.75, 3.05) is 7.11 Å². The average molecular weight is 383 g/mol. The standard InChI is InChI=1S/C18H14ClF3N2O2/c1-9-3-4-11(14(19)5-9)10-6-12(18(25)26-2)13-8-24(17(22)16(20)21)23-15(13)7-10/h3-8,16-17H,1-2H3. The van der Waals surface area contributed by atoms with Crippen molar-refractivity contribution in [1.82, 2.24) is 9.78 Å². The molecule has 1 heterocycles. The third-order valence-corrected chi connectivity index (χ3v) is 4.26. The molecule has 4 nitrogen and oxygen atoms in total. The Morgan fingerprint density at radius 1 is 1.23 bits per heavy atom. The van der Waals surface area contributed by atoms with Gasteiger partial charge in [0.2, 0.25) is 0 Å². The number of halogens is 4. The summed E-state index contributed by atoms with van der Waals surface area (Å²) in [6.07, 6.45) is -4.78. The van der Waals surface area contributed by atoms with Gasteiger partial charge in [0.1, 0.15) is 0 Å². The molecule has 8 heteroatoms. The van der Waals surface area contributed by atoms with Gasteiger partial charge in [0.05, 0.1) is 18.2 Å². The first-order valence-corrected chi connectivity index (χ1v) is 7.99. The molecular formula is C18H14ClF3N2O2. The number of nitrogens with zero attached hydrogens (tertiary/aromatic N) is 2. The monoisotopic (exact) mass is 382 g/mol. The average Bonchev–Trinajstić information content (AvgIpc) is 3.03. The van der Waals surface area contributed by atoms with Gasteiger partial charge in [-0.1, -0.05) is 23.7 Å². The molecule has 0 amide bonds. The number of hydrogen-bond donors (Lipinski definition) is 0. The molecule has 2 aromatic carbocycles. The number of esters is 1. The second-order valence-corrected chi connectivity index (χ2v) is 6.15. The Hall–Kier alpha value is -2.54. The van der Waals surface area contributed by atoms with Crippen LogP contribution in [0.15, 0.2) is 36.5 Å². The van der Waals surface area contributed by atoms with Crippen molar-refractivity contribution >= 4 is 28.5 Å². The van der Waals surface area contributed by atoms with E-state index in [0.29, 0.717) is 20.8 Å². The highest BCUT2D eigenvalue weighted by Gasteiger charge is 2.24. The van der Waals surface area contributed by atoms with Crippen molar-refractivity contribution in [1.29, 1.82) is 0 Å². The van der Waals surface area contributed by atoms with Crippen LogP contribution in [0.25, 0.3) is 22.0 Å². The van der Waals surface area contributed by atoms with Crippen LogP contribution in [0.3, 0.4) is 0 Å². The summed E-state index contributed by atoms with van der Waals surface area (Å²) in [5, 5.41) is 4.52. The van der Waals surface area contributed by atoms with E-state index in [9.17, 15) is 18.0 Å². The van der Waals surface area contributed by atoms with E-state index < -0.39 is 18.7 Å². The summed E-state index contributed by atoms with van der Waals surface area (Å²) < 4.78 is 44.2. The lowest BCUT2D eigenvalue weighted by atomic mass is 9.99. The highest BCUT2D eigenvalue weighted by Crippen LogP contribution is 2.33. The lowest BCUT2D eigenvalue weighted by Gasteiger charge is -2.08. The zero-order valence-corrected chi connectivity index (χ0v) is 14.6. The first-order chi connectivity index (χ1) is 12.3. The molecule has 0 saturated heterocycles. The lowest BCUT2D eigenvalue weighted by Crippen LogP contribution is -2.12. The zero-order valence-electron chi connectivity index (χ0n) is 13.8. The summed E-state index contributed by atoms with van der Waals surface area (Å²) in [6.45, 7) is 1.88. The fourth-order valence-corrected chi connectivity index (χ4v) is 3.02. The summed E-state index contributed by atoms with van der Waals surface area (Å²) >= 11 is 6.28. The number of carbonyl (C=O) groups excluding carboxylic acids is 1. The van der Waals surface area contributed by atoms with Gasteiger partial charge in [-0.05, 0) is 36.2 Å². The van der Waals surface area contributed by atoms with Gasteiger partial charge in [-0.2, -0.15) is 5.10 Å². The lowest BCUT2D eigenvalue weighted by molar-refractivity contribution is 0.00118. The van der Waals surface area contributed by atoms with E-state index in [1.165, 1.54) is 13.2 Å². The molecule has 26 heavy (non-hydrogen) atoms. The van der Waals surface area contributed by atoms with Crippen molar-refractivity contribution in [3.8, 4) is 11.1 Å². The second kappa shape index (κ2) is 6.99. The molecule has 0 fully saturated rings. The van der Waals surface area contributed by atoms with E-state index in [2.05, 4.69) is 5.10 Å². The molecule has 136 valence electrons. The predicted molar refractivity (Wildman–Crippen MR) is 92.4 cm³/mol. The highest BCUT2D eigenvalue weighted by atomic mass is 35.5. The molecule has 1 aromatic heterocycles. The number of methoxy groups -OCH3 is 1. The van der Waals surface area contributed by atoms with Crippen LogP contribution in [0.1, 0.15) is 22.2 Å². The minimum Gasteiger partial charge on any atom is -0.465 e. The van der Waals surface area contributed by atoms with Crippen LogP contribution in [0.4, 0.5) is 13.2 Å². The number of ether oxygens (including phenoxy) is 1. The predicted octanol–water partition coefficient (Wildman–Crippen LogP) is 5.18. The van der Waals surface area contributed by atoms with Crippen LogP contribution in [0.2, 0.25) is 5.02 Å².